The highest BCUT2D eigenvalue weighted by molar-refractivity contribution is 7.92. The number of ether oxygens (including phenoxy) is 1. The number of phenols is 1. The van der Waals surface area contributed by atoms with Crippen molar-refractivity contribution in [2.24, 2.45) is 0 Å². The molecule has 1 heterocycles. The second-order valence-corrected chi connectivity index (χ2v) is 8.40. The van der Waals surface area contributed by atoms with Gasteiger partial charge < -0.3 is 9.84 Å². The van der Waals surface area contributed by atoms with Crippen LogP contribution in [0.3, 0.4) is 0 Å². The molecule has 0 radical (unpaired) electrons. The fourth-order valence-corrected chi connectivity index (χ4v) is 4.51. The normalized spacial score (nSPS) is 15.0. The number of sulfonamides is 1. The summed E-state index contributed by atoms with van der Waals surface area (Å²) in [6, 6.07) is 12.5. The Hall–Kier alpha value is -3.10. The minimum Gasteiger partial charge on any atom is -0.505 e. The molecular formula is C20H13ClFNO5S. The number of fused-ring (bicyclic) bond motifs is 6. The molecule has 3 aromatic rings. The van der Waals surface area contributed by atoms with Gasteiger partial charge in [-0.25, -0.2) is 17.6 Å². The second-order valence-electron chi connectivity index (χ2n) is 6.34. The molecule has 0 fully saturated rings. The molecule has 1 aliphatic heterocycles. The highest BCUT2D eigenvalue weighted by Crippen LogP contribution is 2.35. The van der Waals surface area contributed by atoms with E-state index in [0.29, 0.717) is 11.1 Å². The third-order valence-electron chi connectivity index (χ3n) is 4.44. The highest BCUT2D eigenvalue weighted by atomic mass is 35.5. The Kier molecular flexibility index (Phi) is 4.68. The van der Waals surface area contributed by atoms with Gasteiger partial charge in [0.15, 0.2) is 5.75 Å². The smallest absolute Gasteiger partial charge is 0.338 e. The van der Waals surface area contributed by atoms with Crippen LogP contribution < -0.4 is 4.72 Å². The number of benzene rings is 3. The molecule has 9 heteroatoms. The molecule has 0 spiro atoms. The molecule has 6 nitrogen and oxygen atoms in total. The number of nitrogens with one attached hydrogen (secondary N) is 1. The van der Waals surface area contributed by atoms with Crippen LogP contribution in [0.2, 0.25) is 5.02 Å². The number of carbonyl (C=O) groups excluding carboxylic acids is 1. The van der Waals surface area contributed by atoms with Gasteiger partial charge in [-0.3, -0.25) is 4.72 Å². The fourth-order valence-electron chi connectivity index (χ4n) is 3.04. The molecule has 0 aliphatic carbocycles. The van der Waals surface area contributed by atoms with E-state index >= 15 is 0 Å². The molecule has 0 atom stereocenters. The zero-order valence-electron chi connectivity index (χ0n) is 14.6. The average Bonchev–Trinajstić information content (AvgIpc) is 2.69. The molecule has 4 rings (SSSR count). The molecule has 0 amide bonds. The Bertz CT molecular complexity index is 1260. The maximum atomic E-state index is 14.5. The van der Waals surface area contributed by atoms with Gasteiger partial charge in [-0.05, 0) is 41.5 Å². The van der Waals surface area contributed by atoms with Crippen LogP contribution >= 0.6 is 11.6 Å². The zero-order valence-corrected chi connectivity index (χ0v) is 16.2. The van der Waals surface area contributed by atoms with Crippen molar-refractivity contribution in [2.45, 2.75) is 11.5 Å². The van der Waals surface area contributed by atoms with Crippen molar-refractivity contribution >= 4 is 33.3 Å². The summed E-state index contributed by atoms with van der Waals surface area (Å²) in [4.78, 5) is 11.9. The molecular weight excluding hydrogens is 421 g/mol. The van der Waals surface area contributed by atoms with Gasteiger partial charge in [0.1, 0.15) is 17.3 Å². The molecule has 148 valence electrons. The van der Waals surface area contributed by atoms with Crippen LogP contribution in [0.15, 0.2) is 59.5 Å². The van der Waals surface area contributed by atoms with Crippen LogP contribution in [0.5, 0.6) is 5.75 Å². The van der Waals surface area contributed by atoms with E-state index in [2.05, 4.69) is 4.72 Å². The van der Waals surface area contributed by atoms with Gasteiger partial charge in [-0.1, -0.05) is 35.9 Å². The summed E-state index contributed by atoms with van der Waals surface area (Å²) in [6.45, 7) is -0.174. The predicted molar refractivity (Wildman–Crippen MR) is 105 cm³/mol. The average molecular weight is 434 g/mol. The molecule has 2 N–H and O–H groups in total. The fraction of sp³-hybridized carbons (Fsp3) is 0.0500. The first kappa shape index (κ1) is 19.2. The van der Waals surface area contributed by atoms with Gasteiger partial charge >= 0.3 is 5.97 Å². The van der Waals surface area contributed by atoms with Crippen molar-refractivity contribution in [2.75, 3.05) is 4.72 Å². The van der Waals surface area contributed by atoms with E-state index in [-0.39, 0.29) is 28.4 Å². The summed E-state index contributed by atoms with van der Waals surface area (Å²) in [7, 11) is -4.34. The van der Waals surface area contributed by atoms with Gasteiger partial charge in [-0.2, -0.15) is 0 Å². The first-order chi connectivity index (χ1) is 13.8. The van der Waals surface area contributed by atoms with Crippen molar-refractivity contribution in [3.05, 3.63) is 76.6 Å². The van der Waals surface area contributed by atoms with Crippen molar-refractivity contribution in [3.63, 3.8) is 0 Å². The second kappa shape index (κ2) is 7.06. The zero-order chi connectivity index (χ0) is 20.8. The van der Waals surface area contributed by atoms with Crippen LogP contribution in [-0.4, -0.2) is 19.5 Å². The summed E-state index contributed by atoms with van der Waals surface area (Å²) >= 11 is 5.92. The summed E-state index contributed by atoms with van der Waals surface area (Å²) in [5.74, 6) is -2.13. The largest absolute Gasteiger partial charge is 0.505 e. The first-order valence-corrected chi connectivity index (χ1v) is 10.2. The SMILES string of the molecule is O=C1OCc2ccccc2-c2cc(ccc2F)NS(=O)(=O)c2cc1cc(Cl)c2O. The van der Waals surface area contributed by atoms with E-state index in [1.807, 2.05) is 0 Å². The maximum absolute atomic E-state index is 14.5. The number of phenolic OH excluding ortho intramolecular Hbond substituents is 1. The molecule has 0 saturated heterocycles. The van der Waals surface area contributed by atoms with E-state index < -0.39 is 32.5 Å². The highest BCUT2D eigenvalue weighted by Gasteiger charge is 2.25. The van der Waals surface area contributed by atoms with Crippen molar-refractivity contribution < 1.29 is 27.4 Å². The third-order valence-corrected chi connectivity index (χ3v) is 6.12. The van der Waals surface area contributed by atoms with Gasteiger partial charge in [0, 0.05) is 11.3 Å². The molecule has 0 saturated carbocycles. The summed E-state index contributed by atoms with van der Waals surface area (Å²) in [6.07, 6.45) is 0. The van der Waals surface area contributed by atoms with E-state index in [1.54, 1.807) is 24.3 Å². The van der Waals surface area contributed by atoms with Crippen LogP contribution in [-0.2, 0) is 21.4 Å². The van der Waals surface area contributed by atoms with Crippen LogP contribution in [0.1, 0.15) is 15.9 Å². The quantitative estimate of drug-likeness (QED) is 0.515. The van der Waals surface area contributed by atoms with Crippen LogP contribution in [0.25, 0.3) is 11.1 Å². The molecule has 4 bridgehead atoms. The Balaban J connectivity index is 1.98. The minimum atomic E-state index is -4.34. The van der Waals surface area contributed by atoms with Crippen LogP contribution in [0, 0.1) is 5.82 Å². The van der Waals surface area contributed by atoms with Gasteiger partial charge in [0.05, 0.1) is 10.6 Å². The number of cyclic esters (lactones) is 1. The topological polar surface area (TPSA) is 92.7 Å². The third kappa shape index (κ3) is 3.52. The van der Waals surface area contributed by atoms with Crippen LogP contribution in [0.4, 0.5) is 10.1 Å². The summed E-state index contributed by atoms with van der Waals surface area (Å²) in [5, 5.41) is 9.81. The summed E-state index contributed by atoms with van der Waals surface area (Å²) < 4.78 is 47.7. The van der Waals surface area contributed by atoms with E-state index in [0.717, 1.165) is 18.2 Å². The maximum Gasteiger partial charge on any atom is 0.338 e. The number of rotatable bonds is 0. The lowest BCUT2D eigenvalue weighted by molar-refractivity contribution is 0.0473. The number of aromatic hydroxyl groups is 1. The molecule has 0 unspecified atom stereocenters. The summed E-state index contributed by atoms with van der Waals surface area (Å²) in [5.41, 5.74) is 1.03. The number of hydrogen-bond acceptors (Lipinski definition) is 5. The number of carbonyl (C=O) groups is 1. The lowest BCUT2D eigenvalue weighted by Gasteiger charge is -2.13. The van der Waals surface area contributed by atoms with Gasteiger partial charge in [0.2, 0.25) is 0 Å². The van der Waals surface area contributed by atoms with Gasteiger partial charge in [-0.15, -0.1) is 0 Å². The molecule has 0 aromatic heterocycles. The predicted octanol–water partition coefficient (Wildman–Crippen LogP) is 4.32. The van der Waals surface area contributed by atoms with E-state index in [1.165, 1.54) is 12.1 Å². The Labute approximate surface area is 170 Å². The van der Waals surface area contributed by atoms with E-state index in [4.69, 9.17) is 16.3 Å². The standard InChI is InChI=1S/C20H13ClFNO5S/c21-16-7-12-8-18(19(16)24)29(26,27)23-13-5-6-17(22)15(9-13)14-4-2-1-3-11(14)10-28-20(12)25/h1-9,23-24H,10H2. The molecule has 3 aromatic carbocycles. The Morgan fingerprint density at radius 1 is 1.07 bits per heavy atom. The molecule has 29 heavy (non-hydrogen) atoms. The Morgan fingerprint density at radius 3 is 2.62 bits per heavy atom. The number of anilines is 1. The monoisotopic (exact) mass is 433 g/mol. The number of hydrogen-bond donors (Lipinski definition) is 2. The number of esters is 1. The molecule has 1 aliphatic rings. The first-order valence-electron chi connectivity index (χ1n) is 8.36. The number of halogens is 2. The Morgan fingerprint density at radius 2 is 1.83 bits per heavy atom. The lowest BCUT2D eigenvalue weighted by atomic mass is 9.99. The van der Waals surface area contributed by atoms with E-state index in [9.17, 15) is 22.7 Å². The lowest BCUT2D eigenvalue weighted by Crippen LogP contribution is -2.14. The van der Waals surface area contributed by atoms with Crippen molar-refractivity contribution in [3.8, 4) is 16.9 Å². The van der Waals surface area contributed by atoms with Gasteiger partial charge in [0.25, 0.3) is 10.0 Å². The minimum absolute atomic E-state index is 0.0728. The van der Waals surface area contributed by atoms with Crippen molar-refractivity contribution in [1.82, 2.24) is 0 Å². The van der Waals surface area contributed by atoms with Crippen molar-refractivity contribution in [1.29, 1.82) is 0 Å².